The zero-order valence-corrected chi connectivity index (χ0v) is 14.2. The SMILES string of the molecule is CCCN1CCC(C(C)NC2CCN3CCCC3C2)CC1. The predicted octanol–water partition coefficient (Wildman–Crippen LogP) is 2.71. The lowest BCUT2D eigenvalue weighted by atomic mass is 9.88. The quantitative estimate of drug-likeness (QED) is 0.841. The van der Waals surface area contributed by atoms with E-state index in [1.165, 1.54) is 77.7 Å². The number of nitrogens with zero attached hydrogens (tertiary/aromatic N) is 2. The van der Waals surface area contributed by atoms with Crippen LogP contribution in [0.15, 0.2) is 0 Å². The second kappa shape index (κ2) is 7.43. The van der Waals surface area contributed by atoms with Gasteiger partial charge in [-0.3, -0.25) is 0 Å². The molecule has 0 radical (unpaired) electrons. The van der Waals surface area contributed by atoms with Crippen LogP contribution in [0.5, 0.6) is 0 Å². The van der Waals surface area contributed by atoms with Gasteiger partial charge in [-0.05, 0) is 90.5 Å². The van der Waals surface area contributed by atoms with E-state index in [1.54, 1.807) is 0 Å². The highest BCUT2D eigenvalue weighted by Crippen LogP contribution is 2.28. The van der Waals surface area contributed by atoms with Gasteiger partial charge in [-0.25, -0.2) is 0 Å². The Labute approximate surface area is 131 Å². The Hall–Kier alpha value is -0.120. The molecule has 0 amide bonds. The first-order chi connectivity index (χ1) is 10.3. The molecular weight excluding hydrogens is 258 g/mol. The van der Waals surface area contributed by atoms with E-state index >= 15 is 0 Å². The van der Waals surface area contributed by atoms with Gasteiger partial charge in [-0.1, -0.05) is 6.92 Å². The highest BCUT2D eigenvalue weighted by atomic mass is 15.2. The zero-order chi connectivity index (χ0) is 14.7. The molecule has 3 atom stereocenters. The largest absolute Gasteiger partial charge is 0.311 e. The number of piperidine rings is 2. The summed E-state index contributed by atoms with van der Waals surface area (Å²) < 4.78 is 0. The molecule has 3 fully saturated rings. The van der Waals surface area contributed by atoms with Gasteiger partial charge in [0, 0.05) is 18.1 Å². The predicted molar refractivity (Wildman–Crippen MR) is 89.7 cm³/mol. The van der Waals surface area contributed by atoms with E-state index < -0.39 is 0 Å². The maximum absolute atomic E-state index is 4.00. The summed E-state index contributed by atoms with van der Waals surface area (Å²) in [4.78, 5) is 5.38. The van der Waals surface area contributed by atoms with Gasteiger partial charge in [-0.15, -0.1) is 0 Å². The summed E-state index contributed by atoms with van der Waals surface area (Å²) in [5.41, 5.74) is 0. The average molecular weight is 293 g/mol. The van der Waals surface area contributed by atoms with Gasteiger partial charge in [0.1, 0.15) is 0 Å². The molecule has 0 aromatic rings. The molecular formula is C18H35N3. The third-order valence-corrected chi connectivity index (χ3v) is 6.20. The Bertz CT molecular complexity index is 312. The maximum Gasteiger partial charge on any atom is 0.0111 e. The molecule has 3 heterocycles. The maximum atomic E-state index is 4.00. The van der Waals surface area contributed by atoms with Crippen molar-refractivity contribution in [1.29, 1.82) is 0 Å². The molecule has 3 heteroatoms. The van der Waals surface area contributed by atoms with Crippen molar-refractivity contribution < 1.29 is 0 Å². The van der Waals surface area contributed by atoms with Crippen LogP contribution in [0, 0.1) is 5.92 Å². The molecule has 3 unspecified atom stereocenters. The van der Waals surface area contributed by atoms with Crippen LogP contribution in [0.25, 0.3) is 0 Å². The van der Waals surface area contributed by atoms with Crippen molar-refractivity contribution in [3.8, 4) is 0 Å². The fraction of sp³-hybridized carbons (Fsp3) is 1.00. The minimum Gasteiger partial charge on any atom is -0.311 e. The molecule has 21 heavy (non-hydrogen) atoms. The van der Waals surface area contributed by atoms with Crippen molar-refractivity contribution in [3.63, 3.8) is 0 Å². The summed E-state index contributed by atoms with van der Waals surface area (Å²) >= 11 is 0. The Morgan fingerprint density at radius 3 is 2.62 bits per heavy atom. The van der Waals surface area contributed by atoms with Gasteiger partial charge in [0.2, 0.25) is 0 Å². The van der Waals surface area contributed by atoms with E-state index in [0.29, 0.717) is 6.04 Å². The number of likely N-dealkylation sites (tertiary alicyclic amines) is 1. The standard InChI is InChI=1S/C18H35N3/c1-3-9-20-11-6-16(7-12-20)15(2)19-17-8-13-21-10-4-5-18(21)14-17/h15-19H,3-14H2,1-2H3. The average Bonchev–Trinajstić information content (AvgIpc) is 2.96. The van der Waals surface area contributed by atoms with Gasteiger partial charge >= 0.3 is 0 Å². The topological polar surface area (TPSA) is 18.5 Å². The lowest BCUT2D eigenvalue weighted by molar-refractivity contribution is 0.132. The normalized spacial score (nSPS) is 34.0. The van der Waals surface area contributed by atoms with Crippen LogP contribution in [0.1, 0.15) is 58.8 Å². The summed E-state index contributed by atoms with van der Waals surface area (Å²) in [6, 6.07) is 2.40. The van der Waals surface area contributed by atoms with Crippen LogP contribution in [0.2, 0.25) is 0 Å². The van der Waals surface area contributed by atoms with Gasteiger partial charge in [-0.2, -0.15) is 0 Å². The molecule has 0 aromatic carbocycles. The summed E-state index contributed by atoms with van der Waals surface area (Å²) in [7, 11) is 0. The van der Waals surface area contributed by atoms with Crippen molar-refractivity contribution in [2.75, 3.05) is 32.7 Å². The molecule has 0 aromatic heterocycles. The van der Waals surface area contributed by atoms with E-state index in [-0.39, 0.29) is 0 Å². The molecule has 0 saturated carbocycles. The third kappa shape index (κ3) is 4.00. The Morgan fingerprint density at radius 1 is 1.05 bits per heavy atom. The summed E-state index contributed by atoms with van der Waals surface area (Å²) in [6.07, 6.45) is 9.75. The second-order valence-electron chi connectivity index (χ2n) is 7.69. The van der Waals surface area contributed by atoms with Crippen LogP contribution in [0.4, 0.5) is 0 Å². The molecule has 3 rings (SSSR count). The highest BCUT2D eigenvalue weighted by molar-refractivity contribution is 4.91. The van der Waals surface area contributed by atoms with Gasteiger partial charge in [0.05, 0.1) is 0 Å². The first-order valence-electron chi connectivity index (χ1n) is 9.48. The number of fused-ring (bicyclic) bond motifs is 1. The molecule has 122 valence electrons. The van der Waals surface area contributed by atoms with Crippen molar-refractivity contribution >= 4 is 0 Å². The fourth-order valence-corrected chi connectivity index (χ4v) is 4.88. The van der Waals surface area contributed by atoms with Crippen molar-refractivity contribution in [1.82, 2.24) is 15.1 Å². The van der Waals surface area contributed by atoms with E-state index in [0.717, 1.165) is 18.0 Å². The molecule has 3 aliphatic heterocycles. The van der Waals surface area contributed by atoms with E-state index in [4.69, 9.17) is 0 Å². The minimum absolute atomic E-state index is 0.715. The number of hydrogen-bond donors (Lipinski definition) is 1. The van der Waals surface area contributed by atoms with Crippen molar-refractivity contribution in [2.24, 2.45) is 5.92 Å². The third-order valence-electron chi connectivity index (χ3n) is 6.20. The highest BCUT2D eigenvalue weighted by Gasteiger charge is 2.33. The van der Waals surface area contributed by atoms with Crippen molar-refractivity contribution in [3.05, 3.63) is 0 Å². The monoisotopic (exact) mass is 293 g/mol. The molecule has 0 spiro atoms. The van der Waals surface area contributed by atoms with Crippen LogP contribution < -0.4 is 5.32 Å². The number of nitrogens with one attached hydrogen (secondary N) is 1. The Kier molecular flexibility index (Phi) is 5.58. The molecule has 0 aliphatic carbocycles. The molecule has 0 bridgehead atoms. The summed E-state index contributed by atoms with van der Waals surface area (Å²) in [6.45, 7) is 11.4. The van der Waals surface area contributed by atoms with E-state index in [1.807, 2.05) is 0 Å². The van der Waals surface area contributed by atoms with E-state index in [9.17, 15) is 0 Å². The van der Waals surface area contributed by atoms with Crippen LogP contribution in [0.3, 0.4) is 0 Å². The Balaban J connectivity index is 1.41. The van der Waals surface area contributed by atoms with E-state index in [2.05, 4.69) is 29.0 Å². The fourth-order valence-electron chi connectivity index (χ4n) is 4.88. The van der Waals surface area contributed by atoms with Gasteiger partial charge < -0.3 is 15.1 Å². The zero-order valence-electron chi connectivity index (χ0n) is 14.2. The molecule has 3 saturated heterocycles. The van der Waals surface area contributed by atoms with Crippen LogP contribution in [-0.2, 0) is 0 Å². The second-order valence-corrected chi connectivity index (χ2v) is 7.69. The number of hydrogen-bond acceptors (Lipinski definition) is 3. The first-order valence-corrected chi connectivity index (χ1v) is 9.48. The van der Waals surface area contributed by atoms with Crippen LogP contribution in [-0.4, -0.2) is 60.6 Å². The van der Waals surface area contributed by atoms with Gasteiger partial charge in [0.25, 0.3) is 0 Å². The summed E-state index contributed by atoms with van der Waals surface area (Å²) in [5, 5.41) is 4.00. The smallest absolute Gasteiger partial charge is 0.0111 e. The molecule has 3 nitrogen and oxygen atoms in total. The lowest BCUT2D eigenvalue weighted by Gasteiger charge is -2.40. The first kappa shape index (κ1) is 15.8. The molecule has 1 N–H and O–H groups in total. The summed E-state index contributed by atoms with van der Waals surface area (Å²) in [5.74, 6) is 0.903. The van der Waals surface area contributed by atoms with Crippen molar-refractivity contribution in [2.45, 2.75) is 76.9 Å². The molecule has 3 aliphatic rings. The Morgan fingerprint density at radius 2 is 1.86 bits per heavy atom. The minimum atomic E-state index is 0.715. The van der Waals surface area contributed by atoms with Gasteiger partial charge in [0.15, 0.2) is 0 Å². The lowest BCUT2D eigenvalue weighted by Crippen LogP contribution is -2.50. The number of rotatable bonds is 5. The van der Waals surface area contributed by atoms with Crippen LogP contribution >= 0.6 is 0 Å².